The van der Waals surface area contributed by atoms with Crippen molar-refractivity contribution in [3.63, 3.8) is 0 Å². The Balaban J connectivity index is 0. The van der Waals surface area contributed by atoms with Crippen molar-refractivity contribution < 1.29 is 28.3 Å². The third kappa shape index (κ3) is 14.0. The fraction of sp³-hybridized carbons (Fsp3) is 0.450. The van der Waals surface area contributed by atoms with Crippen LogP contribution < -0.4 is 10.6 Å². The van der Waals surface area contributed by atoms with E-state index >= 15 is 0 Å². The van der Waals surface area contributed by atoms with Gasteiger partial charge in [0.2, 0.25) is 5.91 Å². The van der Waals surface area contributed by atoms with Gasteiger partial charge in [-0.25, -0.2) is 9.18 Å². The number of benzene rings is 1. The molecule has 1 aromatic carbocycles. The van der Waals surface area contributed by atoms with Crippen molar-refractivity contribution in [3.05, 3.63) is 35.6 Å². The maximum Gasteiger partial charge on any atom is 0.329 e. The Morgan fingerprint density at radius 2 is 1.93 bits per heavy atom. The molecule has 0 spiro atoms. The minimum atomic E-state index is -1.02. The second-order valence-electron chi connectivity index (χ2n) is 7.06. The molecule has 0 aliphatic carbocycles. The number of rotatable bonds is 9. The number of aryl methyl sites for hydroxylation is 1. The zero-order valence-electron chi connectivity index (χ0n) is 17.3. The van der Waals surface area contributed by atoms with Crippen LogP contribution in [0.1, 0.15) is 39.2 Å². The first-order valence-electron chi connectivity index (χ1n) is 8.86. The predicted octanol–water partition coefficient (Wildman–Crippen LogP) is 1.60. The van der Waals surface area contributed by atoms with E-state index in [9.17, 15) is 23.6 Å². The normalized spacial score (nSPS) is 10.8. The van der Waals surface area contributed by atoms with Gasteiger partial charge in [-0.3, -0.25) is 9.59 Å². The number of halogens is 1. The Labute approximate surface area is 169 Å². The molecule has 8 nitrogen and oxygen atoms in total. The fourth-order valence-corrected chi connectivity index (χ4v) is 1.95. The molecule has 1 aromatic rings. The third-order valence-corrected chi connectivity index (χ3v) is 3.17. The number of ketones is 1. The van der Waals surface area contributed by atoms with E-state index in [0.717, 1.165) is 5.56 Å². The number of ether oxygens (including phenoxy) is 1. The summed E-state index contributed by atoms with van der Waals surface area (Å²) >= 11 is 0. The van der Waals surface area contributed by atoms with E-state index < -0.39 is 29.3 Å². The van der Waals surface area contributed by atoms with Gasteiger partial charge < -0.3 is 25.6 Å². The quantitative estimate of drug-likeness (QED) is 0.160. The van der Waals surface area contributed by atoms with Crippen LogP contribution in [0.3, 0.4) is 0 Å². The minimum absolute atomic E-state index is 0. The molecule has 0 heterocycles. The fourth-order valence-electron chi connectivity index (χ4n) is 1.95. The standard InChI is InChI=1S/C13H20N3O5.C7H7F.Fm/c1-13(2,3)21-12(20)10(5-4-9(18)6-14)16-11(19)7-15-8-17;1-6-3-2-4-7(8)5-6;/h6,10,14H,4-5,7H2,1-3H3,(H,15,17)(H,16,19);2-5H,1H3;/q-1;;. The summed E-state index contributed by atoms with van der Waals surface area (Å²) in [6.07, 6.45) is 1.93. The van der Waals surface area contributed by atoms with Crippen molar-refractivity contribution in [2.45, 2.75) is 52.2 Å². The molecule has 0 bridgehead atoms. The molecule has 2 amide bonds. The molecule has 1 rings (SSSR count). The van der Waals surface area contributed by atoms with Crippen LogP contribution in [0.4, 0.5) is 4.39 Å². The number of carbonyl (C=O) groups is 3. The summed E-state index contributed by atoms with van der Waals surface area (Å²) < 4.78 is 17.3. The number of hydrogen-bond acceptors (Lipinski definition) is 6. The summed E-state index contributed by atoms with van der Waals surface area (Å²) in [6.45, 7) is 6.56. The van der Waals surface area contributed by atoms with E-state index in [1.54, 1.807) is 26.8 Å². The second-order valence-corrected chi connectivity index (χ2v) is 7.06. The maximum atomic E-state index is 12.2. The monoisotopic (exact) mass is 665 g/mol. The molecule has 0 aliphatic rings. The average Bonchev–Trinajstić information content (AvgIpc) is 2.61. The smallest absolute Gasteiger partial charge is 0.329 e. The SMILES string of the molecule is CC(C)(C)OC(=O)C(CCC(=O)C=N)NC(=O)CN[C-]=O.Cc1cccc(F)c1.[Fm]. The van der Waals surface area contributed by atoms with Crippen LogP contribution in [0.5, 0.6) is 0 Å². The molecule has 0 fully saturated rings. The summed E-state index contributed by atoms with van der Waals surface area (Å²) in [5.41, 5.74) is 0.227. The average molecular weight is 665 g/mol. The Bertz CT molecular complexity index is 705. The summed E-state index contributed by atoms with van der Waals surface area (Å²) in [6, 6.07) is 5.48. The molecule has 3 N–H and O–H groups in total. The van der Waals surface area contributed by atoms with Gasteiger partial charge in [-0.2, -0.15) is 6.41 Å². The van der Waals surface area contributed by atoms with Gasteiger partial charge in [0.05, 0.1) is 12.8 Å². The van der Waals surface area contributed by atoms with Gasteiger partial charge in [0.25, 0.3) is 0 Å². The first-order chi connectivity index (χ1) is 13.5. The maximum absolute atomic E-state index is 12.2. The molecule has 0 aromatic heterocycles. The summed E-state index contributed by atoms with van der Waals surface area (Å²) in [5, 5.41) is 11.2. The zero-order valence-corrected chi connectivity index (χ0v) is 19.7. The van der Waals surface area contributed by atoms with Gasteiger partial charge in [-0.1, -0.05) is 12.1 Å². The van der Waals surface area contributed by atoms with Crippen molar-refractivity contribution in [1.29, 1.82) is 5.41 Å². The number of amides is 2. The summed E-state index contributed by atoms with van der Waals surface area (Å²) in [4.78, 5) is 44.6. The Kier molecular flexibility index (Phi) is 13.1. The Hall–Kier alpha value is -4.10. The van der Waals surface area contributed by atoms with Gasteiger partial charge in [0.15, 0.2) is 5.78 Å². The van der Waals surface area contributed by atoms with Crippen molar-refractivity contribution in [2.75, 3.05) is 6.54 Å². The minimum Gasteiger partial charge on any atom is -0.522 e. The van der Waals surface area contributed by atoms with Gasteiger partial charge in [0.1, 0.15) is 17.5 Å². The number of esters is 1. The van der Waals surface area contributed by atoms with E-state index in [4.69, 9.17) is 10.1 Å². The van der Waals surface area contributed by atoms with E-state index in [-0.39, 0.29) is 25.2 Å². The van der Waals surface area contributed by atoms with Gasteiger partial charge in [-0.15, -0.1) is 0 Å². The van der Waals surface area contributed by atoms with Crippen LogP contribution in [-0.2, 0) is 23.9 Å². The number of Topliss-reactive ketones (excluding diaryl/α,β-unsaturated/α-hetero) is 1. The number of hydrogen-bond donors (Lipinski definition) is 3. The first kappa shape index (κ1) is 28.1. The molecule has 172 valence electrons. The number of nitrogens with one attached hydrogen (secondary N) is 3. The molecular weight excluding hydrogens is 638 g/mol. The molecule has 30 heavy (non-hydrogen) atoms. The second kappa shape index (κ2) is 14.0. The van der Waals surface area contributed by atoms with Crippen LogP contribution >= 0.6 is 0 Å². The Morgan fingerprint density at radius 1 is 1.30 bits per heavy atom. The third-order valence-electron chi connectivity index (χ3n) is 3.17. The van der Waals surface area contributed by atoms with Crippen molar-refractivity contribution in [2.24, 2.45) is 0 Å². The van der Waals surface area contributed by atoms with E-state index in [1.807, 2.05) is 18.3 Å². The van der Waals surface area contributed by atoms with E-state index in [1.165, 1.54) is 18.5 Å². The number of carbonyl (C=O) groups excluding carboxylic acids is 4. The van der Waals surface area contributed by atoms with Crippen molar-refractivity contribution in [1.82, 2.24) is 10.6 Å². The van der Waals surface area contributed by atoms with Crippen molar-refractivity contribution in [3.8, 4) is 0 Å². The van der Waals surface area contributed by atoms with Crippen LogP contribution in [0.25, 0.3) is 0 Å². The van der Waals surface area contributed by atoms with Gasteiger partial charge in [0, 0.05) is 6.42 Å². The largest absolute Gasteiger partial charge is 0.522 e. The summed E-state index contributed by atoms with van der Waals surface area (Å²) in [7, 11) is 0. The van der Waals surface area contributed by atoms with E-state index in [2.05, 4.69) is 5.32 Å². The zero-order chi connectivity index (χ0) is 22.4. The van der Waals surface area contributed by atoms with Gasteiger partial charge in [-0.05, 0) is 51.8 Å². The summed E-state index contributed by atoms with van der Waals surface area (Å²) in [5.74, 6) is -1.90. The molecule has 10 heteroatoms. The van der Waals surface area contributed by atoms with E-state index in [0.29, 0.717) is 6.21 Å². The first-order valence-corrected chi connectivity index (χ1v) is 8.86. The molecule has 0 saturated carbocycles. The van der Waals surface area contributed by atoms with Gasteiger partial charge >= 0.3 is 5.97 Å². The van der Waals surface area contributed by atoms with Crippen LogP contribution in [0, 0.1) is 18.2 Å². The van der Waals surface area contributed by atoms with Crippen LogP contribution in [0.15, 0.2) is 24.3 Å². The predicted molar refractivity (Wildman–Crippen MR) is 106 cm³/mol. The van der Waals surface area contributed by atoms with Crippen molar-refractivity contribution >= 4 is 30.3 Å². The van der Waals surface area contributed by atoms with Crippen LogP contribution in [-0.4, -0.2) is 48.5 Å². The molecule has 1 unspecified atom stereocenters. The molecule has 0 saturated heterocycles. The molecule has 0 radical (unpaired) electrons. The topological polar surface area (TPSA) is 125 Å². The Morgan fingerprint density at radius 3 is 2.37 bits per heavy atom. The van der Waals surface area contributed by atoms with Crippen LogP contribution in [0.2, 0.25) is 0 Å². The molecule has 0 aliphatic heterocycles. The molecular formula is C20H27FFmN3O5-. The molecule has 1 atom stereocenters.